The Labute approximate surface area is 183 Å². The van der Waals surface area contributed by atoms with Gasteiger partial charge in [-0.2, -0.15) is 22.3 Å². The maximum Gasteiger partial charge on any atom is 0.279 e. The SMILES string of the molecule is Cc1ccc(F)cc1S(=O)(=O)N(C)/N=C/c1cnc2ccc(-c3cnc(F)c(C)c3)cn12. The first kappa shape index (κ1) is 21.6. The van der Waals surface area contributed by atoms with Gasteiger partial charge in [-0.05, 0) is 49.7 Å². The number of pyridine rings is 2. The molecule has 0 N–H and O–H groups in total. The molecule has 32 heavy (non-hydrogen) atoms. The molecule has 1 aromatic carbocycles. The Kier molecular flexibility index (Phi) is 5.47. The minimum atomic E-state index is -4.04. The van der Waals surface area contributed by atoms with Crippen LogP contribution in [0.4, 0.5) is 8.78 Å². The summed E-state index contributed by atoms with van der Waals surface area (Å²) in [5.74, 6) is -1.17. The van der Waals surface area contributed by atoms with Crippen LogP contribution in [0.3, 0.4) is 0 Å². The Morgan fingerprint density at radius 1 is 1.00 bits per heavy atom. The van der Waals surface area contributed by atoms with Gasteiger partial charge in [-0.15, -0.1) is 0 Å². The molecule has 4 aromatic rings. The van der Waals surface area contributed by atoms with Crippen LogP contribution < -0.4 is 0 Å². The number of benzene rings is 1. The van der Waals surface area contributed by atoms with E-state index < -0.39 is 21.8 Å². The lowest BCUT2D eigenvalue weighted by molar-refractivity contribution is 0.489. The zero-order valence-electron chi connectivity index (χ0n) is 17.5. The highest BCUT2D eigenvalue weighted by Gasteiger charge is 2.22. The summed E-state index contributed by atoms with van der Waals surface area (Å²) < 4.78 is 55.2. The third-order valence-corrected chi connectivity index (χ3v) is 6.80. The van der Waals surface area contributed by atoms with E-state index in [1.807, 2.05) is 6.07 Å². The monoisotopic (exact) mass is 455 g/mol. The number of nitrogens with zero attached hydrogens (tertiary/aromatic N) is 5. The van der Waals surface area contributed by atoms with E-state index in [9.17, 15) is 17.2 Å². The predicted octanol–water partition coefficient (Wildman–Crippen LogP) is 3.95. The van der Waals surface area contributed by atoms with Gasteiger partial charge in [-0.1, -0.05) is 6.07 Å². The zero-order valence-corrected chi connectivity index (χ0v) is 18.3. The van der Waals surface area contributed by atoms with Crippen molar-refractivity contribution in [1.82, 2.24) is 18.8 Å². The molecule has 0 radical (unpaired) electrons. The van der Waals surface area contributed by atoms with Crippen LogP contribution >= 0.6 is 0 Å². The second kappa shape index (κ2) is 8.12. The first-order chi connectivity index (χ1) is 15.2. The highest BCUT2D eigenvalue weighted by Crippen LogP contribution is 2.23. The van der Waals surface area contributed by atoms with Crippen LogP contribution in [0.1, 0.15) is 16.8 Å². The van der Waals surface area contributed by atoms with Gasteiger partial charge in [-0.25, -0.2) is 14.4 Å². The van der Waals surface area contributed by atoms with Gasteiger partial charge in [0.05, 0.1) is 23.0 Å². The fourth-order valence-corrected chi connectivity index (χ4v) is 4.37. The van der Waals surface area contributed by atoms with Gasteiger partial charge in [0.2, 0.25) is 5.95 Å². The van der Waals surface area contributed by atoms with Gasteiger partial charge in [0.25, 0.3) is 10.0 Å². The van der Waals surface area contributed by atoms with Gasteiger partial charge in [0.15, 0.2) is 0 Å². The molecule has 0 spiro atoms. The molecule has 0 atom stereocenters. The van der Waals surface area contributed by atoms with Crippen LogP contribution in [-0.4, -0.2) is 40.5 Å². The van der Waals surface area contributed by atoms with E-state index in [1.54, 1.807) is 42.8 Å². The Morgan fingerprint density at radius 2 is 1.78 bits per heavy atom. The van der Waals surface area contributed by atoms with Crippen LogP contribution in [0.25, 0.3) is 16.8 Å². The maximum absolute atomic E-state index is 13.6. The number of hydrogen-bond acceptors (Lipinski definition) is 5. The number of aromatic nitrogens is 3. The minimum Gasteiger partial charge on any atom is -0.298 e. The molecular weight excluding hydrogens is 436 g/mol. The molecule has 164 valence electrons. The summed E-state index contributed by atoms with van der Waals surface area (Å²) in [6.07, 6.45) is 6.12. The molecular formula is C22H19F2N5O2S. The van der Waals surface area contributed by atoms with Crippen molar-refractivity contribution in [1.29, 1.82) is 0 Å². The van der Waals surface area contributed by atoms with Gasteiger partial charge < -0.3 is 0 Å². The molecule has 7 nitrogen and oxygen atoms in total. The van der Waals surface area contributed by atoms with Crippen molar-refractivity contribution < 1.29 is 17.2 Å². The number of rotatable bonds is 5. The molecule has 10 heteroatoms. The number of halogens is 2. The summed E-state index contributed by atoms with van der Waals surface area (Å²) in [7, 11) is -2.76. The highest BCUT2D eigenvalue weighted by atomic mass is 32.2. The van der Waals surface area contributed by atoms with E-state index in [-0.39, 0.29) is 4.90 Å². The highest BCUT2D eigenvalue weighted by molar-refractivity contribution is 7.89. The van der Waals surface area contributed by atoms with E-state index in [4.69, 9.17) is 0 Å². The molecule has 0 saturated carbocycles. The van der Waals surface area contributed by atoms with Crippen molar-refractivity contribution in [3.63, 3.8) is 0 Å². The molecule has 3 aromatic heterocycles. The number of hydrazone groups is 1. The zero-order chi connectivity index (χ0) is 23.0. The smallest absolute Gasteiger partial charge is 0.279 e. The predicted molar refractivity (Wildman–Crippen MR) is 117 cm³/mol. The lowest BCUT2D eigenvalue weighted by Gasteiger charge is -2.15. The Hall–Kier alpha value is -3.66. The number of aryl methyl sites for hydroxylation is 2. The maximum atomic E-state index is 13.6. The lowest BCUT2D eigenvalue weighted by atomic mass is 10.1. The summed E-state index contributed by atoms with van der Waals surface area (Å²) in [6, 6.07) is 8.87. The molecule has 0 aliphatic carbocycles. The van der Waals surface area contributed by atoms with Crippen LogP contribution in [0.2, 0.25) is 0 Å². The summed E-state index contributed by atoms with van der Waals surface area (Å²) in [4.78, 5) is 7.89. The van der Waals surface area contributed by atoms with Crippen LogP contribution in [-0.2, 0) is 10.0 Å². The molecule has 0 aliphatic rings. The number of fused-ring (bicyclic) bond motifs is 1. The molecule has 0 unspecified atom stereocenters. The van der Waals surface area contributed by atoms with Crippen LogP contribution in [0.15, 0.2) is 65.0 Å². The lowest BCUT2D eigenvalue weighted by Crippen LogP contribution is -2.23. The van der Waals surface area contributed by atoms with E-state index in [2.05, 4.69) is 15.1 Å². The summed E-state index contributed by atoms with van der Waals surface area (Å²) >= 11 is 0. The number of hydrogen-bond donors (Lipinski definition) is 0. The molecule has 4 rings (SSSR count). The van der Waals surface area contributed by atoms with Crippen molar-refractivity contribution in [2.45, 2.75) is 18.7 Å². The van der Waals surface area contributed by atoms with Crippen LogP contribution in [0, 0.1) is 25.6 Å². The van der Waals surface area contributed by atoms with E-state index >= 15 is 0 Å². The molecule has 0 fully saturated rings. The fourth-order valence-electron chi connectivity index (χ4n) is 3.18. The molecule has 0 aliphatic heterocycles. The van der Waals surface area contributed by atoms with Crippen molar-refractivity contribution in [2.24, 2.45) is 5.10 Å². The average Bonchev–Trinajstić information content (AvgIpc) is 3.17. The molecule has 3 heterocycles. The number of sulfonamides is 1. The summed E-state index contributed by atoms with van der Waals surface area (Å²) in [5.41, 5.74) is 3.48. The Morgan fingerprint density at radius 3 is 2.53 bits per heavy atom. The number of imidazole rings is 1. The van der Waals surface area contributed by atoms with Crippen LogP contribution in [0.5, 0.6) is 0 Å². The average molecular weight is 455 g/mol. The second-order valence-electron chi connectivity index (χ2n) is 7.25. The molecule has 0 bridgehead atoms. The molecule has 0 saturated heterocycles. The first-order valence-electron chi connectivity index (χ1n) is 9.55. The van der Waals surface area contributed by atoms with Crippen molar-refractivity contribution in [2.75, 3.05) is 7.05 Å². The Bertz CT molecular complexity index is 1460. The minimum absolute atomic E-state index is 0.156. The summed E-state index contributed by atoms with van der Waals surface area (Å²) in [6.45, 7) is 3.22. The first-order valence-corrected chi connectivity index (χ1v) is 11.0. The van der Waals surface area contributed by atoms with Crippen molar-refractivity contribution in [3.05, 3.63) is 83.6 Å². The van der Waals surface area contributed by atoms with E-state index in [0.717, 1.165) is 21.6 Å². The van der Waals surface area contributed by atoms with Gasteiger partial charge in [0, 0.05) is 36.1 Å². The standard InChI is InChI=1S/C22H19F2N5O2S/c1-14-4-6-18(23)9-20(14)32(30,31)28(3)27-12-19-11-25-21-7-5-16(13-29(19)21)17-8-15(2)22(24)26-10-17/h4-13H,1-3H3/b27-12+. The van der Waals surface area contributed by atoms with Gasteiger partial charge in [0.1, 0.15) is 11.5 Å². The summed E-state index contributed by atoms with van der Waals surface area (Å²) in [5, 5.41) is 4.04. The fraction of sp³-hybridized carbons (Fsp3) is 0.136. The van der Waals surface area contributed by atoms with Crippen molar-refractivity contribution >= 4 is 21.9 Å². The quantitative estimate of drug-likeness (QED) is 0.259. The van der Waals surface area contributed by atoms with Gasteiger partial charge in [-0.3, -0.25) is 4.40 Å². The largest absolute Gasteiger partial charge is 0.298 e. The Balaban J connectivity index is 1.68. The second-order valence-corrected chi connectivity index (χ2v) is 9.17. The van der Waals surface area contributed by atoms with Gasteiger partial charge >= 0.3 is 0 Å². The third kappa shape index (κ3) is 3.96. The van der Waals surface area contributed by atoms with E-state index in [0.29, 0.717) is 22.5 Å². The van der Waals surface area contributed by atoms with Crippen molar-refractivity contribution in [3.8, 4) is 11.1 Å². The molecule has 0 amide bonds. The van der Waals surface area contributed by atoms with E-state index in [1.165, 1.54) is 31.6 Å². The normalized spacial score (nSPS) is 12.0. The topological polar surface area (TPSA) is 79.9 Å². The third-order valence-electron chi connectivity index (χ3n) is 5.01.